The van der Waals surface area contributed by atoms with Gasteiger partial charge in [-0.2, -0.15) is 0 Å². The lowest BCUT2D eigenvalue weighted by molar-refractivity contribution is -0.155. The average molecular weight is 635 g/mol. The fraction of sp³-hybridized carbons (Fsp3) is 0.714. The second kappa shape index (κ2) is 24.0. The maximum absolute atomic E-state index is 13.2. The zero-order chi connectivity index (χ0) is 33.3. The van der Waals surface area contributed by atoms with Crippen LogP contribution in [0, 0.1) is 0 Å². The van der Waals surface area contributed by atoms with Gasteiger partial charge in [-0.15, -0.1) is 0 Å². The van der Waals surface area contributed by atoms with Crippen LogP contribution >= 0.6 is 0 Å². The number of benzene rings is 1. The van der Waals surface area contributed by atoms with E-state index in [0.717, 1.165) is 31.2 Å². The molecular formula is C35H58N2O8. The van der Waals surface area contributed by atoms with Crippen molar-refractivity contribution in [1.29, 1.82) is 0 Å². The molecule has 0 saturated heterocycles. The number of nitrogens with one attached hydrogen (secondary N) is 2. The van der Waals surface area contributed by atoms with Crippen LogP contribution in [-0.2, 0) is 30.4 Å². The number of carbonyl (C=O) groups is 4. The van der Waals surface area contributed by atoms with E-state index in [1.54, 1.807) is 20.8 Å². The quantitative estimate of drug-likeness (QED) is 0.0589. The summed E-state index contributed by atoms with van der Waals surface area (Å²) in [5.74, 6) is -1.74. The lowest BCUT2D eigenvalue weighted by atomic mass is 10.0. The van der Waals surface area contributed by atoms with Crippen molar-refractivity contribution in [2.24, 2.45) is 0 Å². The first-order chi connectivity index (χ1) is 21.5. The van der Waals surface area contributed by atoms with Gasteiger partial charge in [-0.25, -0.2) is 14.4 Å². The summed E-state index contributed by atoms with van der Waals surface area (Å²) in [6.45, 7) is 7.92. The Labute approximate surface area is 270 Å². The van der Waals surface area contributed by atoms with Crippen molar-refractivity contribution in [2.45, 2.75) is 155 Å². The van der Waals surface area contributed by atoms with Gasteiger partial charge in [0.05, 0.1) is 6.42 Å². The number of esters is 1. The number of alkyl carbamates (subject to hydrolysis) is 2. The Morgan fingerprint density at radius 1 is 0.778 bits per heavy atom. The predicted molar refractivity (Wildman–Crippen MR) is 175 cm³/mol. The molecule has 0 aliphatic rings. The summed E-state index contributed by atoms with van der Waals surface area (Å²) in [6, 6.07) is 8.14. The molecule has 10 nitrogen and oxygen atoms in total. The highest BCUT2D eigenvalue weighted by molar-refractivity contribution is 5.81. The van der Waals surface area contributed by atoms with E-state index >= 15 is 0 Å². The molecule has 10 heteroatoms. The maximum atomic E-state index is 13.2. The number of hydrogen-bond acceptors (Lipinski definition) is 7. The van der Waals surface area contributed by atoms with Crippen LogP contribution in [0.5, 0.6) is 0 Å². The van der Waals surface area contributed by atoms with E-state index in [0.29, 0.717) is 25.8 Å². The first-order valence-corrected chi connectivity index (χ1v) is 16.9. The largest absolute Gasteiger partial charge is 0.481 e. The van der Waals surface area contributed by atoms with Crippen molar-refractivity contribution < 1.29 is 38.5 Å². The summed E-state index contributed by atoms with van der Waals surface area (Å²) in [5.41, 5.74) is 0.191. The molecule has 1 rings (SSSR count). The lowest BCUT2D eigenvalue weighted by Gasteiger charge is -2.22. The van der Waals surface area contributed by atoms with E-state index in [2.05, 4.69) is 17.6 Å². The molecule has 1 aromatic carbocycles. The zero-order valence-corrected chi connectivity index (χ0v) is 28.1. The molecular weight excluding hydrogens is 576 g/mol. The number of ether oxygens (including phenoxy) is 3. The van der Waals surface area contributed by atoms with Gasteiger partial charge in [-0.1, -0.05) is 101 Å². The second-order valence-electron chi connectivity index (χ2n) is 12.7. The number of unbranched alkanes of at least 4 members (excludes halogenated alkanes) is 11. The summed E-state index contributed by atoms with van der Waals surface area (Å²) >= 11 is 0. The normalized spacial score (nSPS) is 12.5. The number of carboxylic acid groups (broad SMARTS) is 1. The number of rotatable bonds is 24. The van der Waals surface area contributed by atoms with Gasteiger partial charge in [-0.3, -0.25) is 4.79 Å². The summed E-state index contributed by atoms with van der Waals surface area (Å²) in [6.07, 6.45) is 12.2. The Balaban J connectivity index is 2.60. The molecule has 3 N–H and O–H groups in total. The van der Waals surface area contributed by atoms with Crippen LogP contribution in [-0.4, -0.2) is 53.5 Å². The highest BCUT2D eigenvalue weighted by atomic mass is 16.6. The number of hydrogen-bond donors (Lipinski definition) is 3. The molecule has 2 atom stereocenters. The molecule has 256 valence electrons. The molecule has 0 unspecified atom stereocenters. The molecule has 0 aliphatic carbocycles. The van der Waals surface area contributed by atoms with Gasteiger partial charge in [0.25, 0.3) is 0 Å². The van der Waals surface area contributed by atoms with Gasteiger partial charge in [-0.05, 0) is 58.4 Å². The van der Waals surface area contributed by atoms with Crippen LogP contribution in [0.25, 0.3) is 0 Å². The van der Waals surface area contributed by atoms with Crippen LogP contribution in [0.3, 0.4) is 0 Å². The number of carboxylic acids is 1. The van der Waals surface area contributed by atoms with E-state index < -0.39 is 41.9 Å². The third-order valence-corrected chi connectivity index (χ3v) is 7.19. The zero-order valence-electron chi connectivity index (χ0n) is 28.1. The molecule has 2 amide bonds. The monoisotopic (exact) mass is 634 g/mol. The highest BCUT2D eigenvalue weighted by Gasteiger charge is 2.27. The van der Waals surface area contributed by atoms with Crippen molar-refractivity contribution in [3.05, 3.63) is 35.9 Å². The minimum absolute atomic E-state index is 0.0365. The minimum atomic E-state index is -1.05. The first kappa shape index (κ1) is 39.7. The summed E-state index contributed by atoms with van der Waals surface area (Å²) in [4.78, 5) is 49.2. The number of carbonyl (C=O) groups excluding carboxylic acids is 3. The van der Waals surface area contributed by atoms with Crippen LogP contribution in [0.1, 0.15) is 136 Å². The molecule has 0 fully saturated rings. The summed E-state index contributed by atoms with van der Waals surface area (Å²) in [7, 11) is 0. The fourth-order valence-electron chi connectivity index (χ4n) is 4.81. The Kier molecular flexibility index (Phi) is 21.2. The molecule has 45 heavy (non-hydrogen) atoms. The summed E-state index contributed by atoms with van der Waals surface area (Å²) < 4.78 is 16.2. The lowest BCUT2D eigenvalue weighted by Crippen LogP contribution is -2.43. The maximum Gasteiger partial charge on any atom is 0.408 e. The van der Waals surface area contributed by atoms with Crippen LogP contribution < -0.4 is 10.6 Å². The smallest absolute Gasteiger partial charge is 0.408 e. The highest BCUT2D eigenvalue weighted by Crippen LogP contribution is 2.16. The van der Waals surface area contributed by atoms with Gasteiger partial charge in [0.2, 0.25) is 0 Å². The third kappa shape index (κ3) is 22.8. The number of aliphatic carboxylic acids is 1. The van der Waals surface area contributed by atoms with Crippen LogP contribution in [0.15, 0.2) is 30.3 Å². The van der Waals surface area contributed by atoms with Gasteiger partial charge in [0.15, 0.2) is 0 Å². The Hall–Kier alpha value is -3.30. The standard InChI is InChI=1S/C35H58N2O8/c1-5-6-7-8-9-10-11-12-13-14-18-23-29(26-31(38)39)44-32(40)30(24-19-20-25-36-33(41)45-35(2,3)4)37-34(42)43-27-28-21-16-15-17-22-28/h15-17,21-22,29-30H,5-14,18-20,23-27H2,1-4H3,(H,36,41)(H,37,42)(H,38,39)/t29-,30+/m1/s1. The Bertz CT molecular complexity index is 964. The van der Waals surface area contributed by atoms with E-state index in [-0.39, 0.29) is 19.4 Å². The van der Waals surface area contributed by atoms with Gasteiger partial charge >= 0.3 is 24.1 Å². The van der Waals surface area contributed by atoms with E-state index in [9.17, 15) is 24.3 Å². The molecule has 0 aromatic heterocycles. The molecule has 0 bridgehead atoms. The topological polar surface area (TPSA) is 140 Å². The molecule has 0 spiro atoms. The predicted octanol–water partition coefficient (Wildman–Crippen LogP) is 8.06. The van der Waals surface area contributed by atoms with Gasteiger partial charge in [0.1, 0.15) is 24.4 Å². The van der Waals surface area contributed by atoms with E-state index in [1.165, 1.54) is 44.9 Å². The summed E-state index contributed by atoms with van der Waals surface area (Å²) in [5, 5.41) is 14.7. The Morgan fingerprint density at radius 3 is 1.93 bits per heavy atom. The SMILES string of the molecule is CCCCCCCCCCCCC[C@H](CC(=O)O)OC(=O)[C@H](CCCCNC(=O)OC(C)(C)C)NC(=O)OCc1ccccc1. The van der Waals surface area contributed by atoms with E-state index in [1.807, 2.05) is 30.3 Å². The molecule has 0 radical (unpaired) electrons. The molecule has 1 aromatic rings. The third-order valence-electron chi connectivity index (χ3n) is 7.19. The van der Waals surface area contributed by atoms with Crippen molar-refractivity contribution in [3.63, 3.8) is 0 Å². The van der Waals surface area contributed by atoms with Gasteiger partial charge in [0, 0.05) is 6.54 Å². The van der Waals surface area contributed by atoms with Crippen molar-refractivity contribution >= 4 is 24.1 Å². The van der Waals surface area contributed by atoms with E-state index in [4.69, 9.17) is 14.2 Å². The van der Waals surface area contributed by atoms with Crippen molar-refractivity contribution in [1.82, 2.24) is 10.6 Å². The minimum Gasteiger partial charge on any atom is -0.481 e. The number of amides is 2. The molecule has 0 aliphatic heterocycles. The molecule has 0 heterocycles. The van der Waals surface area contributed by atoms with Crippen LogP contribution in [0.4, 0.5) is 9.59 Å². The average Bonchev–Trinajstić information content (AvgIpc) is 2.97. The Morgan fingerprint density at radius 2 is 1.36 bits per heavy atom. The van der Waals surface area contributed by atoms with Crippen molar-refractivity contribution in [2.75, 3.05) is 6.54 Å². The van der Waals surface area contributed by atoms with Crippen LogP contribution in [0.2, 0.25) is 0 Å². The fourth-order valence-corrected chi connectivity index (χ4v) is 4.81. The first-order valence-electron chi connectivity index (χ1n) is 16.9. The van der Waals surface area contributed by atoms with Crippen molar-refractivity contribution in [3.8, 4) is 0 Å². The second-order valence-corrected chi connectivity index (χ2v) is 12.7. The molecule has 0 saturated carbocycles. The van der Waals surface area contributed by atoms with Gasteiger partial charge < -0.3 is 30.0 Å².